The summed E-state index contributed by atoms with van der Waals surface area (Å²) in [6.45, 7) is 0. The van der Waals surface area contributed by atoms with Crippen molar-refractivity contribution < 1.29 is 18.1 Å². The maximum atomic E-state index is 7.14. The van der Waals surface area contributed by atoms with Crippen LogP contribution in [-0.4, -0.2) is 55.7 Å². The average Bonchev–Trinajstić information content (AvgIpc) is 2.73. The molecule has 2 aromatic rings. The minimum atomic E-state index is -2.67. The fourth-order valence-corrected chi connectivity index (χ4v) is 4.55. The highest BCUT2D eigenvalue weighted by Gasteiger charge is 2.40. The van der Waals surface area contributed by atoms with E-state index in [-0.39, 0.29) is 0 Å². The van der Waals surface area contributed by atoms with E-state index in [0.717, 1.165) is 21.0 Å². The molecule has 146 valence electrons. The Morgan fingerprint density at radius 3 is 1.42 bits per heavy atom. The minimum absolute atomic E-state index is 0.306. The van der Waals surface area contributed by atoms with Gasteiger partial charge in [-0.1, -0.05) is 53.7 Å². The average molecular weight is 452 g/mol. The van der Waals surface area contributed by atoms with Crippen molar-refractivity contribution in [2.24, 2.45) is 0 Å². The van der Waals surface area contributed by atoms with Crippen molar-refractivity contribution in [3.63, 3.8) is 0 Å². The predicted molar refractivity (Wildman–Crippen MR) is 120 cm³/mol. The second kappa shape index (κ2) is 14.6. The molecule has 2 aromatic carbocycles. The number of benzene rings is 2. The summed E-state index contributed by atoms with van der Waals surface area (Å²) in [6, 6.07) is 16.2. The zero-order chi connectivity index (χ0) is 20.0. The fraction of sp³-hybridized carbons (Fsp3) is 0.294. The van der Waals surface area contributed by atoms with Crippen LogP contribution in [0.5, 0.6) is 0 Å². The maximum absolute atomic E-state index is 7.14. The van der Waals surface area contributed by atoms with Crippen molar-refractivity contribution in [2.75, 3.05) is 21.3 Å². The van der Waals surface area contributed by atoms with Gasteiger partial charge in [0, 0.05) is 48.5 Å². The molecule has 0 atom stereocenters. The molecule has 0 fully saturated rings. The molecule has 2 rings (SSSR count). The molecule has 0 aliphatic heterocycles. The maximum Gasteiger partial charge on any atom is 0.536 e. The third kappa shape index (κ3) is 8.03. The predicted octanol–water partition coefficient (Wildman–Crippen LogP) is 0.186. The Balaban J connectivity index is 0.000000484. The third-order valence-corrected chi connectivity index (χ3v) is 7.48. The lowest BCUT2D eigenvalue weighted by atomic mass is 10.2. The van der Waals surface area contributed by atoms with Gasteiger partial charge in [0.2, 0.25) is 0 Å². The van der Waals surface area contributed by atoms with Crippen LogP contribution >= 0.6 is 23.2 Å². The summed E-state index contributed by atoms with van der Waals surface area (Å²) in [4.78, 5) is 7.14. The first-order valence-corrected chi connectivity index (χ1v) is 12.6. The van der Waals surface area contributed by atoms with Crippen molar-refractivity contribution in [3.05, 3.63) is 59.7 Å². The van der Waals surface area contributed by atoms with Crippen LogP contribution in [0.4, 0.5) is 0 Å². The zero-order valence-corrected chi connectivity index (χ0v) is 22.5. The SMILES string of the molecule is CO[Si](OC)(OC)c1ccc(CCl)cc1.O[SiH3].[SiH3]c1ccc(CCl)cc1. The van der Waals surface area contributed by atoms with E-state index in [4.69, 9.17) is 41.3 Å². The van der Waals surface area contributed by atoms with Crippen LogP contribution in [0.2, 0.25) is 0 Å². The molecule has 0 amide bonds. The minimum Gasteiger partial charge on any atom is -0.442 e. The lowest BCUT2D eigenvalue weighted by molar-refractivity contribution is 0.140. The van der Waals surface area contributed by atoms with Gasteiger partial charge in [-0.3, -0.25) is 0 Å². The number of hydrogen-bond donors (Lipinski definition) is 1. The summed E-state index contributed by atoms with van der Waals surface area (Å²) >= 11 is 11.3. The smallest absolute Gasteiger partial charge is 0.442 e. The van der Waals surface area contributed by atoms with Gasteiger partial charge < -0.3 is 18.1 Å². The molecule has 0 unspecified atom stereocenters. The van der Waals surface area contributed by atoms with E-state index in [2.05, 4.69) is 24.3 Å². The number of hydrogen-bond acceptors (Lipinski definition) is 4. The highest BCUT2D eigenvalue weighted by molar-refractivity contribution is 6.75. The van der Waals surface area contributed by atoms with E-state index >= 15 is 0 Å². The van der Waals surface area contributed by atoms with Crippen molar-refractivity contribution >= 4 is 63.1 Å². The summed E-state index contributed by atoms with van der Waals surface area (Å²) in [5, 5.41) is 2.35. The largest absolute Gasteiger partial charge is 0.536 e. The Hall–Kier alpha value is -0.489. The molecule has 0 bridgehead atoms. The molecule has 4 nitrogen and oxygen atoms in total. The van der Waals surface area contributed by atoms with Gasteiger partial charge in [0.25, 0.3) is 0 Å². The van der Waals surface area contributed by atoms with Crippen LogP contribution in [0.25, 0.3) is 0 Å². The number of alkyl halides is 2. The topological polar surface area (TPSA) is 47.9 Å². The molecule has 0 saturated carbocycles. The molecule has 0 saturated heterocycles. The van der Waals surface area contributed by atoms with Crippen LogP contribution in [0.15, 0.2) is 48.5 Å². The second-order valence-corrected chi connectivity index (χ2v) is 9.72. The van der Waals surface area contributed by atoms with Crippen molar-refractivity contribution in [1.82, 2.24) is 0 Å². The summed E-state index contributed by atoms with van der Waals surface area (Å²) in [6.07, 6.45) is 0. The van der Waals surface area contributed by atoms with E-state index in [9.17, 15) is 0 Å². The quantitative estimate of drug-likeness (QED) is 0.503. The number of halogens is 2. The molecular weight excluding hydrogens is 423 g/mol. The zero-order valence-electron chi connectivity index (χ0n) is 16.0. The number of rotatable bonds is 6. The first kappa shape index (κ1) is 25.5. The lowest BCUT2D eigenvalue weighted by Crippen LogP contribution is -2.54. The Morgan fingerprint density at radius 2 is 1.12 bits per heavy atom. The summed E-state index contributed by atoms with van der Waals surface area (Å²) in [5.41, 5.74) is 2.27. The first-order valence-electron chi connectivity index (χ1n) is 7.92. The van der Waals surface area contributed by atoms with E-state index in [1.165, 1.54) is 10.8 Å². The van der Waals surface area contributed by atoms with Crippen LogP contribution in [0, 0.1) is 0 Å². The third-order valence-electron chi connectivity index (χ3n) is 3.54. The molecule has 9 heteroatoms. The van der Waals surface area contributed by atoms with E-state index < -0.39 is 8.80 Å². The van der Waals surface area contributed by atoms with Gasteiger partial charge in [-0.2, -0.15) is 0 Å². The molecule has 0 aliphatic carbocycles. The summed E-state index contributed by atoms with van der Waals surface area (Å²) < 4.78 is 16.1. The van der Waals surface area contributed by atoms with Gasteiger partial charge in [-0.25, -0.2) is 0 Å². The Bertz CT molecular complexity index is 586. The molecule has 0 aromatic heterocycles. The van der Waals surface area contributed by atoms with Crippen LogP contribution in [0.1, 0.15) is 11.1 Å². The van der Waals surface area contributed by atoms with Crippen molar-refractivity contribution in [3.8, 4) is 0 Å². The molecular formula is C17H28Cl2O4Si3. The van der Waals surface area contributed by atoms with Gasteiger partial charge in [0.15, 0.2) is 0 Å². The van der Waals surface area contributed by atoms with Gasteiger partial charge in [-0.15, -0.1) is 23.2 Å². The van der Waals surface area contributed by atoms with Crippen LogP contribution in [0.3, 0.4) is 0 Å². The van der Waals surface area contributed by atoms with E-state index in [1.807, 2.05) is 24.3 Å². The van der Waals surface area contributed by atoms with Gasteiger partial charge in [0.05, 0.1) is 0 Å². The first-order chi connectivity index (χ1) is 12.5. The van der Waals surface area contributed by atoms with Crippen molar-refractivity contribution in [2.45, 2.75) is 11.8 Å². The molecule has 0 aliphatic rings. The van der Waals surface area contributed by atoms with E-state index in [1.54, 1.807) is 21.3 Å². The lowest BCUT2D eigenvalue weighted by Gasteiger charge is -2.24. The highest BCUT2D eigenvalue weighted by Crippen LogP contribution is 2.09. The van der Waals surface area contributed by atoms with Gasteiger partial charge in [0.1, 0.15) is 10.5 Å². The standard InChI is InChI=1S/C10H15ClO3Si.C7H9ClSi.H4OSi/c1-12-15(13-2,14-3)10-6-4-9(8-11)5-7-10;8-5-6-1-3-7(9)4-2-6;1-2/h4-7H,8H2,1-3H3;1-4H,5H2,9H3;1H,2H3. The summed E-state index contributed by atoms with van der Waals surface area (Å²) in [7, 11) is 3.54. The Kier molecular flexibility index (Phi) is 14.3. The van der Waals surface area contributed by atoms with Gasteiger partial charge in [-0.05, 0) is 11.1 Å². The molecule has 0 radical (unpaired) electrons. The summed E-state index contributed by atoms with van der Waals surface area (Å²) in [5.74, 6) is 1.13. The molecule has 0 heterocycles. The Morgan fingerprint density at radius 1 is 0.769 bits per heavy atom. The molecule has 26 heavy (non-hydrogen) atoms. The van der Waals surface area contributed by atoms with Gasteiger partial charge >= 0.3 is 8.80 Å². The Labute approximate surface area is 173 Å². The molecule has 1 N–H and O–H groups in total. The van der Waals surface area contributed by atoms with E-state index in [0.29, 0.717) is 22.2 Å². The van der Waals surface area contributed by atoms with Crippen LogP contribution in [-0.2, 0) is 25.0 Å². The van der Waals surface area contributed by atoms with Crippen molar-refractivity contribution in [1.29, 1.82) is 0 Å². The highest BCUT2D eigenvalue weighted by atomic mass is 35.5. The normalized spacial score (nSPS) is 10.5. The molecule has 0 spiro atoms. The fourth-order valence-electron chi connectivity index (χ4n) is 2.08. The van der Waals surface area contributed by atoms with Crippen LogP contribution < -0.4 is 10.4 Å². The monoisotopic (exact) mass is 450 g/mol. The second-order valence-electron chi connectivity index (χ2n) is 5.12.